The Morgan fingerprint density at radius 3 is 2.61 bits per heavy atom. The molecule has 28 heavy (non-hydrogen) atoms. The van der Waals surface area contributed by atoms with E-state index < -0.39 is 5.92 Å². The molecule has 0 fully saturated rings. The first-order valence-electron chi connectivity index (χ1n) is 9.71. The van der Waals surface area contributed by atoms with Crippen LogP contribution in [0.4, 0.5) is 0 Å². The summed E-state index contributed by atoms with van der Waals surface area (Å²) in [5, 5.41) is 3.07. The van der Waals surface area contributed by atoms with Crippen molar-refractivity contribution in [1.29, 1.82) is 0 Å². The number of Topliss-reactive ketones (excluding diaryl/α,β-unsaturated/α-hetero) is 1. The van der Waals surface area contributed by atoms with Gasteiger partial charge >= 0.3 is 0 Å². The molecule has 0 aliphatic heterocycles. The maximum absolute atomic E-state index is 13.3. The average Bonchev–Trinajstić information content (AvgIpc) is 2.94. The first-order chi connectivity index (χ1) is 13.5. The number of fused-ring (bicyclic) bond motifs is 3. The molecule has 2 aliphatic carbocycles. The summed E-state index contributed by atoms with van der Waals surface area (Å²) >= 11 is 0. The molecule has 144 valence electrons. The Hall–Kier alpha value is -2.88. The fraction of sp³-hybridized carbons (Fsp3) is 0.333. The molecule has 0 radical (unpaired) electrons. The van der Waals surface area contributed by atoms with E-state index in [0.717, 1.165) is 12.0 Å². The topological polar surface area (TPSA) is 55.4 Å². The maximum atomic E-state index is 13.3. The number of nitrogens with one attached hydrogen (secondary N) is 1. The van der Waals surface area contributed by atoms with Crippen molar-refractivity contribution in [2.24, 2.45) is 11.3 Å². The van der Waals surface area contributed by atoms with Crippen LogP contribution >= 0.6 is 0 Å². The van der Waals surface area contributed by atoms with E-state index in [-0.39, 0.29) is 23.0 Å². The van der Waals surface area contributed by atoms with Crippen LogP contribution in [0, 0.1) is 11.3 Å². The molecular formula is C24H25NO3. The second-order valence-electron chi connectivity index (χ2n) is 7.98. The molecule has 3 atom stereocenters. The molecule has 2 aromatic carbocycles. The van der Waals surface area contributed by atoms with Gasteiger partial charge in [-0.25, -0.2) is 0 Å². The first kappa shape index (κ1) is 18.5. The van der Waals surface area contributed by atoms with Gasteiger partial charge in [0, 0.05) is 13.0 Å². The number of benzene rings is 2. The van der Waals surface area contributed by atoms with E-state index in [4.69, 9.17) is 4.74 Å². The lowest BCUT2D eigenvalue weighted by Gasteiger charge is -2.35. The highest BCUT2D eigenvalue weighted by atomic mass is 16.5. The molecular weight excluding hydrogens is 350 g/mol. The summed E-state index contributed by atoms with van der Waals surface area (Å²) in [7, 11) is 1.50. The van der Waals surface area contributed by atoms with Crippen molar-refractivity contribution in [3.63, 3.8) is 0 Å². The lowest BCUT2D eigenvalue weighted by molar-refractivity contribution is -0.127. The second kappa shape index (κ2) is 7.27. The summed E-state index contributed by atoms with van der Waals surface area (Å²) in [5.41, 5.74) is 3.11. The third-order valence-electron chi connectivity index (χ3n) is 6.30. The van der Waals surface area contributed by atoms with E-state index in [2.05, 4.69) is 24.4 Å². The molecule has 0 aromatic heterocycles. The number of carbonyl (C=O) groups is 2. The molecule has 4 rings (SSSR count). The molecule has 0 spiro atoms. The lowest BCUT2D eigenvalue weighted by atomic mass is 9.67. The summed E-state index contributed by atoms with van der Waals surface area (Å²) in [6.45, 7) is 2.60. The first-order valence-corrected chi connectivity index (χ1v) is 9.71. The number of hydrogen-bond acceptors (Lipinski definition) is 3. The number of allylic oxidation sites excluding steroid dienone is 1. The zero-order valence-corrected chi connectivity index (χ0v) is 16.3. The van der Waals surface area contributed by atoms with Crippen molar-refractivity contribution >= 4 is 11.7 Å². The molecule has 4 nitrogen and oxygen atoms in total. The summed E-state index contributed by atoms with van der Waals surface area (Å²) in [6, 6.07) is 18.1. The van der Waals surface area contributed by atoms with Crippen LogP contribution < -0.4 is 5.32 Å². The van der Waals surface area contributed by atoms with Gasteiger partial charge in [0.25, 0.3) is 0 Å². The van der Waals surface area contributed by atoms with Crippen LogP contribution in [0.2, 0.25) is 0 Å². The third kappa shape index (κ3) is 3.13. The number of hydrogen-bond donors (Lipinski definition) is 1. The summed E-state index contributed by atoms with van der Waals surface area (Å²) in [5.74, 6) is -0.224. The highest BCUT2D eigenvalue weighted by Crippen LogP contribution is 2.55. The van der Waals surface area contributed by atoms with Crippen molar-refractivity contribution in [3.05, 3.63) is 83.1 Å². The maximum Gasteiger partial charge on any atom is 0.227 e. The zero-order valence-electron chi connectivity index (χ0n) is 16.3. The minimum absolute atomic E-state index is 0.00701. The Morgan fingerprint density at radius 2 is 1.86 bits per heavy atom. The van der Waals surface area contributed by atoms with Gasteiger partial charge in [-0.05, 0) is 40.5 Å². The number of amides is 1. The predicted octanol–water partition coefficient (Wildman–Crippen LogP) is 3.77. The number of ketones is 1. The average molecular weight is 375 g/mol. The summed E-state index contributed by atoms with van der Waals surface area (Å²) in [6.07, 6.45) is 2.89. The standard InChI is InChI=1S/C24H25NO3/c1-24-14-17-10-6-7-11-18(17)19(24)12-21(26)22(28-2)13-20(24)23(27)25-15-16-8-4-3-5-9-16/h3-11,13,19-20H,12,14-15H2,1-2H3,(H,25,27)/t19-,20-,24+/m1/s1. The minimum atomic E-state index is -0.435. The van der Waals surface area contributed by atoms with Gasteiger partial charge in [0.05, 0.1) is 13.0 Å². The second-order valence-corrected chi connectivity index (χ2v) is 7.98. The van der Waals surface area contributed by atoms with Crippen LogP contribution in [-0.4, -0.2) is 18.8 Å². The number of rotatable bonds is 4. The van der Waals surface area contributed by atoms with Crippen LogP contribution in [-0.2, 0) is 27.3 Å². The summed E-state index contributed by atoms with van der Waals surface area (Å²) < 4.78 is 5.36. The Morgan fingerprint density at radius 1 is 1.14 bits per heavy atom. The van der Waals surface area contributed by atoms with E-state index in [1.54, 1.807) is 6.08 Å². The molecule has 1 N–H and O–H groups in total. The fourth-order valence-corrected chi connectivity index (χ4v) is 4.77. The van der Waals surface area contributed by atoms with E-state index >= 15 is 0 Å². The highest BCUT2D eigenvalue weighted by molar-refractivity contribution is 5.96. The number of methoxy groups -OCH3 is 1. The van der Waals surface area contributed by atoms with Crippen LogP contribution in [0.15, 0.2) is 66.4 Å². The van der Waals surface area contributed by atoms with Gasteiger partial charge in [0.1, 0.15) is 0 Å². The lowest BCUT2D eigenvalue weighted by Crippen LogP contribution is -2.41. The molecule has 2 aromatic rings. The van der Waals surface area contributed by atoms with Crippen LogP contribution in [0.25, 0.3) is 0 Å². The largest absolute Gasteiger partial charge is 0.493 e. The van der Waals surface area contributed by atoms with Gasteiger partial charge in [-0.3, -0.25) is 9.59 Å². The van der Waals surface area contributed by atoms with Crippen molar-refractivity contribution in [1.82, 2.24) is 5.32 Å². The zero-order chi connectivity index (χ0) is 19.7. The van der Waals surface area contributed by atoms with Gasteiger partial charge in [-0.1, -0.05) is 61.5 Å². The Labute approximate surface area is 165 Å². The molecule has 0 saturated carbocycles. The van der Waals surface area contributed by atoms with Gasteiger partial charge in [0.15, 0.2) is 11.5 Å². The van der Waals surface area contributed by atoms with Crippen LogP contribution in [0.3, 0.4) is 0 Å². The number of carbonyl (C=O) groups excluding carboxylic acids is 2. The van der Waals surface area contributed by atoms with Crippen molar-refractivity contribution in [2.45, 2.75) is 32.2 Å². The summed E-state index contributed by atoms with van der Waals surface area (Å²) in [4.78, 5) is 26.0. The molecule has 1 amide bonds. The molecule has 2 aliphatic rings. The fourth-order valence-electron chi connectivity index (χ4n) is 4.77. The van der Waals surface area contributed by atoms with Gasteiger partial charge in [-0.2, -0.15) is 0 Å². The van der Waals surface area contributed by atoms with Gasteiger partial charge in [0.2, 0.25) is 5.91 Å². The molecule has 4 heteroatoms. The smallest absolute Gasteiger partial charge is 0.227 e. The quantitative estimate of drug-likeness (QED) is 0.885. The van der Waals surface area contributed by atoms with E-state index in [1.807, 2.05) is 42.5 Å². The Bertz CT molecular complexity index is 934. The Balaban J connectivity index is 1.67. The van der Waals surface area contributed by atoms with Crippen LogP contribution in [0.1, 0.15) is 36.0 Å². The monoisotopic (exact) mass is 375 g/mol. The molecule has 0 bridgehead atoms. The van der Waals surface area contributed by atoms with Crippen molar-refractivity contribution in [3.8, 4) is 0 Å². The van der Waals surface area contributed by atoms with Gasteiger partial charge < -0.3 is 10.1 Å². The van der Waals surface area contributed by atoms with E-state index in [9.17, 15) is 9.59 Å². The minimum Gasteiger partial charge on any atom is -0.493 e. The van der Waals surface area contributed by atoms with E-state index in [1.165, 1.54) is 18.2 Å². The molecule has 0 unspecified atom stereocenters. The molecule has 0 heterocycles. The normalized spacial score (nSPS) is 25.9. The number of ether oxygens (including phenoxy) is 1. The van der Waals surface area contributed by atoms with Crippen molar-refractivity contribution in [2.75, 3.05) is 7.11 Å². The van der Waals surface area contributed by atoms with E-state index in [0.29, 0.717) is 18.7 Å². The van der Waals surface area contributed by atoms with Crippen LogP contribution in [0.5, 0.6) is 0 Å². The Kier molecular flexibility index (Phi) is 4.80. The van der Waals surface area contributed by atoms with Crippen molar-refractivity contribution < 1.29 is 14.3 Å². The SMILES string of the molecule is COC1=C[C@H](C(=O)NCc2ccccc2)[C@@]2(C)Cc3ccccc3[C@H]2CC1=O. The highest BCUT2D eigenvalue weighted by Gasteiger charge is 2.52. The van der Waals surface area contributed by atoms with Gasteiger partial charge in [-0.15, -0.1) is 0 Å². The predicted molar refractivity (Wildman–Crippen MR) is 107 cm³/mol. The third-order valence-corrected chi connectivity index (χ3v) is 6.30. The molecule has 0 saturated heterocycles.